The van der Waals surface area contributed by atoms with Crippen molar-refractivity contribution in [3.63, 3.8) is 0 Å². The number of sulfonamides is 1. The number of carbonyl (C=O) groups excluding carboxylic acids is 1. The minimum absolute atomic E-state index is 0.00291. The molecule has 35 heavy (non-hydrogen) atoms. The summed E-state index contributed by atoms with van der Waals surface area (Å²) in [6.45, 7) is 0.0962. The van der Waals surface area contributed by atoms with Gasteiger partial charge < -0.3 is 14.8 Å². The smallest absolute Gasteiger partial charge is 0.417 e. The van der Waals surface area contributed by atoms with Gasteiger partial charge in [-0.05, 0) is 72.0 Å². The SMILES string of the molecule is NS(=O)(=O)c1cccc(-c2cc(NC(=O)C3(c4ccc5c(c4)OCO5)CC3)ccc2C(F)(F)F)c1. The van der Waals surface area contributed by atoms with E-state index in [9.17, 15) is 26.4 Å². The molecule has 7 nitrogen and oxygen atoms in total. The van der Waals surface area contributed by atoms with Crippen molar-refractivity contribution in [2.24, 2.45) is 5.14 Å². The van der Waals surface area contributed by atoms with E-state index in [1.165, 1.54) is 30.3 Å². The molecule has 0 radical (unpaired) electrons. The molecule has 1 saturated carbocycles. The first kappa shape index (κ1) is 23.2. The number of hydrogen-bond donors (Lipinski definition) is 2. The second kappa shape index (κ2) is 7.99. The Balaban J connectivity index is 1.49. The summed E-state index contributed by atoms with van der Waals surface area (Å²) >= 11 is 0. The predicted octanol–water partition coefficient (Wildman–Crippen LogP) is 4.42. The van der Waals surface area contributed by atoms with Crippen LogP contribution in [0.15, 0.2) is 65.6 Å². The molecule has 0 spiro atoms. The first-order valence-electron chi connectivity index (χ1n) is 10.5. The van der Waals surface area contributed by atoms with Crippen LogP contribution in [0.4, 0.5) is 18.9 Å². The van der Waals surface area contributed by atoms with Crippen molar-refractivity contribution in [3.8, 4) is 22.6 Å². The van der Waals surface area contributed by atoms with Crippen LogP contribution in [0.5, 0.6) is 11.5 Å². The molecule has 0 aromatic heterocycles. The number of primary sulfonamides is 1. The summed E-state index contributed by atoms with van der Waals surface area (Å²) in [7, 11) is -4.13. The van der Waals surface area contributed by atoms with E-state index in [4.69, 9.17) is 14.6 Å². The van der Waals surface area contributed by atoms with E-state index in [0.717, 1.165) is 17.7 Å². The van der Waals surface area contributed by atoms with Crippen LogP contribution < -0.4 is 19.9 Å². The number of nitrogens with two attached hydrogens (primary N) is 1. The monoisotopic (exact) mass is 504 g/mol. The Hall–Kier alpha value is -3.57. The van der Waals surface area contributed by atoms with Gasteiger partial charge in [0.1, 0.15) is 0 Å². The summed E-state index contributed by atoms with van der Waals surface area (Å²) < 4.78 is 75.3. The summed E-state index contributed by atoms with van der Waals surface area (Å²) in [4.78, 5) is 12.9. The molecule has 11 heteroatoms. The van der Waals surface area contributed by atoms with Crippen LogP contribution in [0.25, 0.3) is 11.1 Å². The molecule has 1 aliphatic heterocycles. The number of benzene rings is 3. The first-order chi connectivity index (χ1) is 16.5. The van der Waals surface area contributed by atoms with Gasteiger partial charge in [-0.3, -0.25) is 4.79 Å². The molecule has 0 saturated heterocycles. The van der Waals surface area contributed by atoms with Crippen LogP contribution in [0.2, 0.25) is 0 Å². The van der Waals surface area contributed by atoms with Crippen LogP contribution in [0.3, 0.4) is 0 Å². The van der Waals surface area contributed by atoms with Crippen molar-refractivity contribution in [1.29, 1.82) is 0 Å². The number of fused-ring (bicyclic) bond motifs is 1. The van der Waals surface area contributed by atoms with Crippen LogP contribution in [-0.2, 0) is 26.4 Å². The molecule has 182 valence electrons. The average Bonchev–Trinajstić information content (AvgIpc) is 3.49. The molecular weight excluding hydrogens is 485 g/mol. The fraction of sp³-hybridized carbons (Fsp3) is 0.208. The van der Waals surface area contributed by atoms with Crippen molar-refractivity contribution in [2.75, 3.05) is 12.1 Å². The molecule has 3 aromatic carbocycles. The summed E-state index contributed by atoms with van der Waals surface area (Å²) in [6.07, 6.45) is -3.57. The van der Waals surface area contributed by atoms with E-state index in [1.807, 2.05) is 0 Å². The van der Waals surface area contributed by atoms with Gasteiger partial charge in [0.05, 0.1) is 15.9 Å². The van der Waals surface area contributed by atoms with Gasteiger partial charge in [-0.25, -0.2) is 13.6 Å². The number of halogens is 3. The first-order valence-corrected chi connectivity index (χ1v) is 12.1. The third kappa shape index (κ3) is 4.32. The molecule has 0 atom stereocenters. The van der Waals surface area contributed by atoms with Crippen molar-refractivity contribution < 1.29 is 35.9 Å². The molecule has 3 N–H and O–H groups in total. The molecule has 0 bridgehead atoms. The molecule has 1 amide bonds. The van der Waals surface area contributed by atoms with Gasteiger partial charge in [0, 0.05) is 5.69 Å². The van der Waals surface area contributed by atoms with Crippen molar-refractivity contribution in [2.45, 2.75) is 29.3 Å². The normalized spacial score (nSPS) is 16.1. The lowest BCUT2D eigenvalue weighted by molar-refractivity contribution is -0.137. The fourth-order valence-electron chi connectivity index (χ4n) is 4.17. The van der Waals surface area contributed by atoms with Gasteiger partial charge in [0.2, 0.25) is 22.7 Å². The zero-order valence-corrected chi connectivity index (χ0v) is 18.9. The fourth-order valence-corrected chi connectivity index (χ4v) is 4.72. The Kier molecular flexibility index (Phi) is 5.29. The van der Waals surface area contributed by atoms with Crippen LogP contribution in [-0.4, -0.2) is 21.1 Å². The maximum absolute atomic E-state index is 13.7. The number of amides is 1. The molecule has 0 unspecified atom stereocenters. The summed E-state index contributed by atoms with van der Waals surface area (Å²) in [5.41, 5.74) is -1.21. The highest BCUT2D eigenvalue weighted by Gasteiger charge is 2.51. The summed E-state index contributed by atoms with van der Waals surface area (Å²) in [5.74, 6) is 0.757. The Morgan fingerprint density at radius 3 is 2.40 bits per heavy atom. The lowest BCUT2D eigenvalue weighted by Gasteiger charge is -2.19. The molecule has 3 aromatic rings. The third-order valence-corrected chi connectivity index (χ3v) is 7.08. The molecule has 5 rings (SSSR count). The maximum Gasteiger partial charge on any atom is 0.417 e. The van der Waals surface area contributed by atoms with Crippen molar-refractivity contribution >= 4 is 21.6 Å². The third-order valence-electron chi connectivity index (χ3n) is 6.17. The van der Waals surface area contributed by atoms with Crippen LogP contribution >= 0.6 is 0 Å². The van der Waals surface area contributed by atoms with Gasteiger partial charge >= 0.3 is 6.18 Å². The topological polar surface area (TPSA) is 108 Å². The number of hydrogen-bond acceptors (Lipinski definition) is 5. The highest BCUT2D eigenvalue weighted by molar-refractivity contribution is 7.89. The van der Waals surface area contributed by atoms with E-state index in [2.05, 4.69) is 5.32 Å². The lowest BCUT2D eigenvalue weighted by Crippen LogP contribution is -2.27. The highest BCUT2D eigenvalue weighted by atomic mass is 32.2. The lowest BCUT2D eigenvalue weighted by atomic mass is 9.94. The van der Waals surface area contributed by atoms with Crippen LogP contribution in [0.1, 0.15) is 24.0 Å². The maximum atomic E-state index is 13.7. The van der Waals surface area contributed by atoms with Crippen molar-refractivity contribution in [1.82, 2.24) is 0 Å². The largest absolute Gasteiger partial charge is 0.454 e. The number of alkyl halides is 3. The zero-order chi connectivity index (χ0) is 25.0. The Bertz CT molecular complexity index is 1450. The van der Waals surface area contributed by atoms with E-state index in [-0.39, 0.29) is 34.4 Å². The van der Waals surface area contributed by atoms with Crippen LogP contribution in [0, 0.1) is 0 Å². The molecular formula is C24H19F3N2O5S. The van der Waals surface area contributed by atoms with Gasteiger partial charge in [0.25, 0.3) is 0 Å². The van der Waals surface area contributed by atoms with Gasteiger partial charge in [-0.15, -0.1) is 0 Å². The van der Waals surface area contributed by atoms with E-state index >= 15 is 0 Å². The minimum atomic E-state index is -4.71. The Morgan fingerprint density at radius 1 is 0.971 bits per heavy atom. The average molecular weight is 504 g/mol. The minimum Gasteiger partial charge on any atom is -0.454 e. The summed E-state index contributed by atoms with van der Waals surface area (Å²) in [5, 5.41) is 7.87. The predicted molar refractivity (Wildman–Crippen MR) is 120 cm³/mol. The van der Waals surface area contributed by atoms with Gasteiger partial charge in [-0.1, -0.05) is 18.2 Å². The van der Waals surface area contributed by atoms with Gasteiger partial charge in [-0.2, -0.15) is 13.2 Å². The number of rotatable bonds is 5. The van der Waals surface area contributed by atoms with Crippen molar-refractivity contribution in [3.05, 3.63) is 71.8 Å². The second-order valence-electron chi connectivity index (χ2n) is 8.44. The molecule has 1 aliphatic carbocycles. The molecule has 1 fully saturated rings. The number of ether oxygens (including phenoxy) is 2. The van der Waals surface area contributed by atoms with Gasteiger partial charge in [0.15, 0.2) is 11.5 Å². The van der Waals surface area contributed by atoms with E-state index < -0.39 is 27.2 Å². The second-order valence-corrected chi connectivity index (χ2v) is 10.00. The zero-order valence-electron chi connectivity index (χ0n) is 18.1. The van der Waals surface area contributed by atoms with E-state index in [0.29, 0.717) is 24.3 Å². The quantitative estimate of drug-likeness (QED) is 0.535. The Labute approximate surface area is 198 Å². The highest BCUT2D eigenvalue weighted by Crippen LogP contribution is 2.51. The van der Waals surface area contributed by atoms with E-state index in [1.54, 1.807) is 18.2 Å². The number of carbonyl (C=O) groups is 1. The summed E-state index contributed by atoms with van der Waals surface area (Å²) in [6, 6.07) is 13.4. The standard InChI is InChI=1S/C24H19F3N2O5S/c25-24(26,27)19-6-5-16(12-18(19)14-2-1-3-17(10-14)35(28,31)32)29-22(30)23(8-9-23)15-4-7-20-21(11-15)34-13-33-20/h1-7,10-12H,8-9,13H2,(H,29,30)(H2,28,31,32). The number of nitrogens with one attached hydrogen (secondary N) is 1. The molecule has 1 heterocycles. The number of anilines is 1. The molecule has 2 aliphatic rings. The Morgan fingerprint density at radius 2 is 1.71 bits per heavy atom.